The molecule has 0 saturated heterocycles. The first-order valence-electron chi connectivity index (χ1n) is 7.06. The van der Waals surface area contributed by atoms with Crippen LogP contribution in [-0.2, 0) is 16.4 Å². The van der Waals surface area contributed by atoms with E-state index in [0.717, 1.165) is 35.5 Å². The van der Waals surface area contributed by atoms with Crippen LogP contribution in [0.15, 0.2) is 28.1 Å². The van der Waals surface area contributed by atoms with Gasteiger partial charge >= 0.3 is 0 Å². The monoisotopic (exact) mass is 321 g/mol. The van der Waals surface area contributed by atoms with Crippen molar-refractivity contribution in [1.29, 1.82) is 0 Å². The molecule has 1 aromatic carbocycles. The molecule has 0 saturated carbocycles. The van der Waals surface area contributed by atoms with Gasteiger partial charge in [-0.3, -0.25) is 4.99 Å². The Bertz CT molecular complexity index is 866. The van der Waals surface area contributed by atoms with Gasteiger partial charge in [0.2, 0.25) is 0 Å². The zero-order valence-electron chi connectivity index (χ0n) is 12.9. The number of fused-ring (bicyclic) bond motifs is 1. The van der Waals surface area contributed by atoms with Gasteiger partial charge in [0.05, 0.1) is 30.6 Å². The molecule has 0 spiro atoms. The molecule has 0 atom stereocenters. The van der Waals surface area contributed by atoms with Crippen LogP contribution in [-0.4, -0.2) is 45.3 Å². The second-order valence-electron chi connectivity index (χ2n) is 5.41. The highest BCUT2D eigenvalue weighted by atomic mass is 32.2. The molecule has 118 valence electrons. The van der Waals surface area contributed by atoms with Crippen molar-refractivity contribution in [2.24, 2.45) is 4.99 Å². The molecular formula is C15H19N3O3S. The summed E-state index contributed by atoms with van der Waals surface area (Å²) in [5, 5.41) is 3.94. The number of nitrogens with one attached hydrogen (secondary N) is 1. The molecule has 0 aliphatic carbocycles. The number of ether oxygens (including phenoxy) is 1. The Kier molecular flexibility index (Phi) is 3.60. The van der Waals surface area contributed by atoms with E-state index >= 15 is 0 Å². The standard InChI is InChI=1S/C15H19N3O3S/c1-10-15(22(3,19)20)12-5-4-11(21-2)8-13(12)18(10)9-14-16-6-7-17-14/h4-5,8H,6-7,9H2,1-3H3,(H,16,17). The largest absolute Gasteiger partial charge is 0.497 e. The second-order valence-corrected chi connectivity index (χ2v) is 7.36. The SMILES string of the molecule is COc1ccc2c(S(C)(=O)=O)c(C)n(CC3=NCCN3)c2c1. The molecule has 6 nitrogen and oxygen atoms in total. The summed E-state index contributed by atoms with van der Waals surface area (Å²) in [5.41, 5.74) is 1.57. The highest BCUT2D eigenvalue weighted by Gasteiger charge is 2.23. The number of methoxy groups -OCH3 is 1. The first-order chi connectivity index (χ1) is 10.4. The van der Waals surface area contributed by atoms with Gasteiger partial charge < -0.3 is 14.6 Å². The fraction of sp³-hybridized carbons (Fsp3) is 0.400. The van der Waals surface area contributed by atoms with Crippen molar-refractivity contribution in [2.45, 2.75) is 18.4 Å². The minimum atomic E-state index is -3.31. The Morgan fingerprint density at radius 1 is 1.41 bits per heavy atom. The molecule has 2 aromatic rings. The number of benzene rings is 1. The molecule has 1 N–H and O–H groups in total. The van der Waals surface area contributed by atoms with E-state index in [1.165, 1.54) is 6.26 Å². The van der Waals surface area contributed by atoms with Crippen molar-refractivity contribution in [3.05, 3.63) is 23.9 Å². The van der Waals surface area contributed by atoms with Gasteiger partial charge in [-0.05, 0) is 19.1 Å². The average molecular weight is 321 g/mol. The van der Waals surface area contributed by atoms with E-state index in [-0.39, 0.29) is 0 Å². The Hall–Kier alpha value is -2.02. The predicted molar refractivity (Wildman–Crippen MR) is 86.6 cm³/mol. The van der Waals surface area contributed by atoms with Crippen LogP contribution < -0.4 is 10.1 Å². The van der Waals surface area contributed by atoms with Gasteiger partial charge in [0.1, 0.15) is 11.6 Å². The highest BCUT2D eigenvalue weighted by Crippen LogP contribution is 2.32. The maximum atomic E-state index is 12.2. The van der Waals surface area contributed by atoms with E-state index in [4.69, 9.17) is 4.74 Å². The van der Waals surface area contributed by atoms with Crippen molar-refractivity contribution < 1.29 is 13.2 Å². The lowest BCUT2D eigenvalue weighted by Gasteiger charge is -2.09. The molecule has 2 heterocycles. The molecule has 0 bridgehead atoms. The molecule has 22 heavy (non-hydrogen) atoms. The molecule has 3 rings (SSSR count). The van der Waals surface area contributed by atoms with Crippen LogP contribution in [0.4, 0.5) is 0 Å². The van der Waals surface area contributed by atoms with Crippen molar-refractivity contribution in [3.8, 4) is 5.75 Å². The summed E-state index contributed by atoms with van der Waals surface area (Å²) >= 11 is 0. The summed E-state index contributed by atoms with van der Waals surface area (Å²) in [6, 6.07) is 5.45. The minimum Gasteiger partial charge on any atom is -0.497 e. The maximum absolute atomic E-state index is 12.2. The summed E-state index contributed by atoms with van der Waals surface area (Å²) in [4.78, 5) is 4.78. The number of aromatic nitrogens is 1. The zero-order chi connectivity index (χ0) is 15.9. The number of hydrogen-bond acceptors (Lipinski definition) is 5. The number of nitrogens with zero attached hydrogens (tertiary/aromatic N) is 2. The molecule has 0 radical (unpaired) electrons. The van der Waals surface area contributed by atoms with Crippen LogP contribution in [0.2, 0.25) is 0 Å². The number of hydrogen-bond donors (Lipinski definition) is 1. The molecule has 7 heteroatoms. The molecule has 0 fully saturated rings. The van der Waals surface area contributed by atoms with E-state index in [2.05, 4.69) is 10.3 Å². The summed E-state index contributed by atoms with van der Waals surface area (Å²) < 4.78 is 31.6. The average Bonchev–Trinajstić information content (AvgIpc) is 3.05. The van der Waals surface area contributed by atoms with Gasteiger partial charge in [0.15, 0.2) is 9.84 Å². The van der Waals surface area contributed by atoms with Gasteiger partial charge in [0, 0.05) is 29.9 Å². The van der Waals surface area contributed by atoms with Crippen LogP contribution in [0.25, 0.3) is 10.9 Å². The molecule has 1 aliphatic heterocycles. The molecule has 1 aliphatic rings. The van der Waals surface area contributed by atoms with Gasteiger partial charge in [-0.15, -0.1) is 0 Å². The molecular weight excluding hydrogens is 302 g/mol. The summed E-state index contributed by atoms with van der Waals surface area (Å²) in [5.74, 6) is 1.58. The Morgan fingerprint density at radius 2 is 2.18 bits per heavy atom. The van der Waals surface area contributed by atoms with Gasteiger partial charge in [0.25, 0.3) is 0 Å². The minimum absolute atomic E-state index is 0.378. The predicted octanol–water partition coefficient (Wildman–Crippen LogP) is 1.36. The lowest BCUT2D eigenvalue weighted by Crippen LogP contribution is -2.24. The van der Waals surface area contributed by atoms with Crippen LogP contribution in [0.5, 0.6) is 5.75 Å². The van der Waals surface area contributed by atoms with Gasteiger partial charge in [-0.1, -0.05) is 0 Å². The van der Waals surface area contributed by atoms with Crippen molar-refractivity contribution in [2.75, 3.05) is 26.5 Å². The van der Waals surface area contributed by atoms with Crippen LogP contribution in [0, 0.1) is 6.92 Å². The smallest absolute Gasteiger partial charge is 0.177 e. The van der Waals surface area contributed by atoms with E-state index < -0.39 is 9.84 Å². The van der Waals surface area contributed by atoms with Gasteiger partial charge in [-0.2, -0.15) is 0 Å². The Morgan fingerprint density at radius 3 is 2.77 bits per heavy atom. The third-order valence-corrected chi connectivity index (χ3v) is 5.15. The highest BCUT2D eigenvalue weighted by molar-refractivity contribution is 7.91. The first kappa shape index (κ1) is 14.9. The van der Waals surface area contributed by atoms with Crippen molar-refractivity contribution in [3.63, 3.8) is 0 Å². The lowest BCUT2D eigenvalue weighted by atomic mass is 10.2. The quantitative estimate of drug-likeness (QED) is 0.923. The van der Waals surface area contributed by atoms with Crippen molar-refractivity contribution in [1.82, 2.24) is 9.88 Å². The van der Waals surface area contributed by atoms with E-state index in [9.17, 15) is 8.42 Å². The number of amidine groups is 1. The van der Waals surface area contributed by atoms with E-state index in [1.54, 1.807) is 19.2 Å². The van der Waals surface area contributed by atoms with Crippen molar-refractivity contribution >= 4 is 26.6 Å². The van der Waals surface area contributed by atoms with Gasteiger partial charge in [-0.25, -0.2) is 8.42 Å². The van der Waals surface area contributed by atoms with E-state index in [1.807, 2.05) is 17.6 Å². The first-order valence-corrected chi connectivity index (χ1v) is 8.95. The number of sulfone groups is 1. The second kappa shape index (κ2) is 5.31. The number of aliphatic imine (C=N–C) groups is 1. The zero-order valence-corrected chi connectivity index (χ0v) is 13.7. The summed E-state index contributed by atoms with van der Waals surface area (Å²) in [6.45, 7) is 3.95. The number of rotatable bonds is 4. The maximum Gasteiger partial charge on any atom is 0.177 e. The lowest BCUT2D eigenvalue weighted by molar-refractivity contribution is 0.415. The fourth-order valence-corrected chi connectivity index (χ4v) is 4.15. The Balaban J connectivity index is 2.26. The third-order valence-electron chi connectivity index (χ3n) is 3.90. The van der Waals surface area contributed by atoms with E-state index in [0.29, 0.717) is 17.2 Å². The van der Waals surface area contributed by atoms with Crippen LogP contribution >= 0.6 is 0 Å². The summed E-state index contributed by atoms with van der Waals surface area (Å²) in [6.07, 6.45) is 1.24. The van der Waals surface area contributed by atoms with Crippen LogP contribution in [0.3, 0.4) is 0 Å². The van der Waals surface area contributed by atoms with Crippen LogP contribution in [0.1, 0.15) is 5.69 Å². The molecule has 0 amide bonds. The third kappa shape index (κ3) is 2.45. The normalized spacial score (nSPS) is 15.0. The molecule has 0 unspecified atom stereocenters. The molecule has 1 aromatic heterocycles. The Labute approximate surface area is 129 Å². The topological polar surface area (TPSA) is 72.7 Å². The summed E-state index contributed by atoms with van der Waals surface area (Å²) in [7, 11) is -1.72. The fourth-order valence-electron chi connectivity index (χ4n) is 2.93.